The van der Waals surface area contributed by atoms with E-state index in [4.69, 9.17) is 9.41 Å². The number of rotatable bonds is 3. The van der Waals surface area contributed by atoms with Crippen molar-refractivity contribution in [2.24, 2.45) is 4.99 Å². The molecule has 2 aliphatic rings. The van der Waals surface area contributed by atoms with Crippen LogP contribution in [0.5, 0.6) is 0 Å². The second-order valence-corrected chi connectivity index (χ2v) is 8.11. The summed E-state index contributed by atoms with van der Waals surface area (Å²) in [5, 5.41) is 1.65. The van der Waals surface area contributed by atoms with Gasteiger partial charge in [0.15, 0.2) is 5.17 Å². The van der Waals surface area contributed by atoms with Crippen molar-refractivity contribution < 1.29 is 4.42 Å². The minimum absolute atomic E-state index is 0.0269. The van der Waals surface area contributed by atoms with Crippen molar-refractivity contribution in [3.05, 3.63) is 78.3 Å². The van der Waals surface area contributed by atoms with Gasteiger partial charge < -0.3 is 9.32 Å². The van der Waals surface area contributed by atoms with E-state index in [9.17, 15) is 0 Å². The lowest BCUT2D eigenvalue weighted by Gasteiger charge is -2.25. The second kappa shape index (κ2) is 6.32. The number of furan rings is 1. The maximum absolute atomic E-state index is 6.30. The van der Waals surface area contributed by atoms with Crippen LogP contribution in [0.1, 0.15) is 30.5 Å². The van der Waals surface area contributed by atoms with Gasteiger partial charge in [-0.15, -0.1) is 0 Å². The molecule has 0 saturated carbocycles. The summed E-state index contributed by atoms with van der Waals surface area (Å²) in [6.07, 6.45) is 1.84. The molecule has 2 aromatic heterocycles. The van der Waals surface area contributed by atoms with E-state index in [1.807, 2.05) is 48.3 Å². The standard InChI is InChI=1S/C21H19N3OS/c1-14-13-24-20(18-11-10-17(25-18)15-7-3-2-4-8-15)19(23-21(24)26-14)16-9-5-6-12-22-16/h2-12,14,19-20H,13H2,1H3/t14-,19-,20-/m1/s1. The Labute approximate surface area is 157 Å². The lowest BCUT2D eigenvalue weighted by Crippen LogP contribution is -2.28. The van der Waals surface area contributed by atoms with Gasteiger partial charge in [0.05, 0.1) is 5.69 Å². The van der Waals surface area contributed by atoms with Crippen LogP contribution in [0.2, 0.25) is 0 Å². The molecule has 0 unspecified atom stereocenters. The Balaban J connectivity index is 1.54. The summed E-state index contributed by atoms with van der Waals surface area (Å²) in [5.74, 6) is 1.85. The molecule has 5 heteroatoms. The molecule has 3 aromatic rings. The monoisotopic (exact) mass is 361 g/mol. The SMILES string of the molecule is C[C@@H]1CN2C(=N[C@H](c3ccccn3)[C@H]2c2ccc(-c3ccccc3)o2)S1. The van der Waals surface area contributed by atoms with E-state index < -0.39 is 0 Å². The minimum atomic E-state index is -0.0269. The molecule has 5 rings (SSSR count). The summed E-state index contributed by atoms with van der Waals surface area (Å²) in [7, 11) is 0. The van der Waals surface area contributed by atoms with Crippen molar-refractivity contribution in [3.8, 4) is 11.3 Å². The topological polar surface area (TPSA) is 41.6 Å². The van der Waals surface area contributed by atoms with Gasteiger partial charge in [0.25, 0.3) is 0 Å². The average Bonchev–Trinajstić information content (AvgIpc) is 3.37. The zero-order chi connectivity index (χ0) is 17.5. The Bertz CT molecular complexity index is 938. The van der Waals surface area contributed by atoms with Gasteiger partial charge in [0.1, 0.15) is 23.6 Å². The molecule has 0 amide bonds. The van der Waals surface area contributed by atoms with Gasteiger partial charge in [0, 0.05) is 23.6 Å². The van der Waals surface area contributed by atoms with Crippen molar-refractivity contribution in [1.29, 1.82) is 0 Å². The first-order valence-corrected chi connectivity index (χ1v) is 9.75. The molecular formula is C21H19N3OS. The highest BCUT2D eigenvalue weighted by atomic mass is 32.2. The Kier molecular flexibility index (Phi) is 3.82. The first-order chi connectivity index (χ1) is 12.8. The summed E-state index contributed by atoms with van der Waals surface area (Å²) in [5.41, 5.74) is 2.08. The Morgan fingerprint density at radius 1 is 1.04 bits per heavy atom. The second-order valence-electron chi connectivity index (χ2n) is 6.70. The third-order valence-corrected chi connectivity index (χ3v) is 5.96. The zero-order valence-corrected chi connectivity index (χ0v) is 15.3. The molecule has 1 fully saturated rings. The fourth-order valence-corrected chi connectivity index (χ4v) is 4.79. The van der Waals surface area contributed by atoms with Crippen LogP contribution in [0.15, 0.2) is 76.3 Å². The summed E-state index contributed by atoms with van der Waals surface area (Å²) < 4.78 is 6.30. The molecule has 0 aliphatic carbocycles. The number of aromatic nitrogens is 1. The Hall–Kier alpha value is -2.53. The number of pyridine rings is 1. The molecule has 1 aromatic carbocycles. The molecule has 26 heavy (non-hydrogen) atoms. The van der Waals surface area contributed by atoms with E-state index in [1.165, 1.54) is 0 Å². The fourth-order valence-electron chi connectivity index (χ4n) is 3.69. The minimum Gasteiger partial charge on any atom is -0.459 e. The Morgan fingerprint density at radius 3 is 2.69 bits per heavy atom. The van der Waals surface area contributed by atoms with Crippen molar-refractivity contribution in [2.75, 3.05) is 6.54 Å². The van der Waals surface area contributed by atoms with Crippen molar-refractivity contribution in [1.82, 2.24) is 9.88 Å². The third-order valence-electron chi connectivity index (χ3n) is 4.86. The fraction of sp³-hybridized carbons (Fsp3) is 0.238. The van der Waals surface area contributed by atoms with Crippen LogP contribution in [0, 0.1) is 0 Å². The van der Waals surface area contributed by atoms with Gasteiger partial charge in [-0.1, -0.05) is 55.1 Å². The van der Waals surface area contributed by atoms with E-state index in [0.717, 1.165) is 34.5 Å². The molecule has 4 heterocycles. The highest BCUT2D eigenvalue weighted by Crippen LogP contribution is 2.48. The average molecular weight is 361 g/mol. The van der Waals surface area contributed by atoms with E-state index in [1.54, 1.807) is 0 Å². The number of hydrogen-bond donors (Lipinski definition) is 0. The number of benzene rings is 1. The van der Waals surface area contributed by atoms with Gasteiger partial charge in [0.2, 0.25) is 0 Å². The smallest absolute Gasteiger partial charge is 0.161 e. The number of fused-ring (bicyclic) bond motifs is 1. The van der Waals surface area contributed by atoms with Crippen LogP contribution in [-0.2, 0) is 0 Å². The van der Waals surface area contributed by atoms with Gasteiger partial charge in [-0.25, -0.2) is 4.99 Å². The Morgan fingerprint density at radius 2 is 1.88 bits per heavy atom. The van der Waals surface area contributed by atoms with Gasteiger partial charge in [-0.3, -0.25) is 4.98 Å². The summed E-state index contributed by atoms with van der Waals surface area (Å²) in [6.45, 7) is 3.23. The number of thioether (sulfide) groups is 1. The third kappa shape index (κ3) is 2.63. The summed E-state index contributed by atoms with van der Waals surface area (Å²) in [4.78, 5) is 11.9. The van der Waals surface area contributed by atoms with Gasteiger partial charge in [-0.2, -0.15) is 0 Å². The largest absolute Gasteiger partial charge is 0.459 e. The molecule has 0 radical (unpaired) electrons. The number of hydrogen-bond acceptors (Lipinski definition) is 5. The van der Waals surface area contributed by atoms with Crippen LogP contribution in [0.3, 0.4) is 0 Å². The molecule has 2 aliphatic heterocycles. The first kappa shape index (κ1) is 15.7. The summed E-state index contributed by atoms with van der Waals surface area (Å²) >= 11 is 1.84. The van der Waals surface area contributed by atoms with Crippen LogP contribution in [0.25, 0.3) is 11.3 Å². The van der Waals surface area contributed by atoms with Crippen LogP contribution in [0.4, 0.5) is 0 Å². The van der Waals surface area contributed by atoms with Crippen molar-refractivity contribution in [3.63, 3.8) is 0 Å². The molecule has 0 bridgehead atoms. The molecule has 1 saturated heterocycles. The number of aliphatic imine (C=N–C) groups is 1. The molecule has 130 valence electrons. The summed E-state index contributed by atoms with van der Waals surface area (Å²) in [6, 6.07) is 20.4. The normalized spacial score (nSPS) is 24.6. The quantitative estimate of drug-likeness (QED) is 0.663. The van der Waals surface area contributed by atoms with Crippen LogP contribution >= 0.6 is 11.8 Å². The first-order valence-electron chi connectivity index (χ1n) is 8.87. The lowest BCUT2D eigenvalue weighted by molar-refractivity contribution is 0.277. The van der Waals surface area contributed by atoms with E-state index >= 15 is 0 Å². The maximum Gasteiger partial charge on any atom is 0.161 e. The predicted molar refractivity (Wildman–Crippen MR) is 105 cm³/mol. The molecular weight excluding hydrogens is 342 g/mol. The van der Waals surface area contributed by atoms with E-state index in [2.05, 4.69) is 47.1 Å². The highest BCUT2D eigenvalue weighted by Gasteiger charge is 2.45. The van der Waals surface area contributed by atoms with Crippen molar-refractivity contribution in [2.45, 2.75) is 24.3 Å². The van der Waals surface area contributed by atoms with Crippen LogP contribution in [-0.4, -0.2) is 26.8 Å². The molecule has 0 N–H and O–H groups in total. The highest BCUT2D eigenvalue weighted by molar-refractivity contribution is 8.14. The number of nitrogens with zero attached hydrogens (tertiary/aromatic N) is 3. The molecule has 3 atom stereocenters. The van der Waals surface area contributed by atoms with Crippen LogP contribution < -0.4 is 0 Å². The van der Waals surface area contributed by atoms with E-state index in [-0.39, 0.29) is 12.1 Å². The van der Waals surface area contributed by atoms with Gasteiger partial charge in [-0.05, 0) is 24.3 Å². The molecule has 0 spiro atoms. The lowest BCUT2D eigenvalue weighted by atomic mass is 10.0. The zero-order valence-electron chi connectivity index (χ0n) is 14.4. The van der Waals surface area contributed by atoms with Gasteiger partial charge >= 0.3 is 0 Å². The molecule has 4 nitrogen and oxygen atoms in total. The number of amidine groups is 1. The maximum atomic E-state index is 6.30. The van der Waals surface area contributed by atoms with Crippen molar-refractivity contribution >= 4 is 16.9 Å². The predicted octanol–water partition coefficient (Wildman–Crippen LogP) is 4.93. The van der Waals surface area contributed by atoms with E-state index in [0.29, 0.717) is 5.25 Å².